The van der Waals surface area contributed by atoms with Crippen molar-refractivity contribution >= 4 is 11.0 Å². The highest BCUT2D eigenvalue weighted by atomic mass is 15.3. The standard InChI is InChI=1S/C7H9N3/c1-5-3-7-6(9-5)4-8-10(7)2/h3-4,9H,1-2H3. The molecule has 0 aromatic carbocycles. The molecule has 0 spiro atoms. The molecule has 0 aliphatic carbocycles. The molecule has 0 saturated heterocycles. The van der Waals surface area contributed by atoms with Gasteiger partial charge in [0.15, 0.2) is 0 Å². The summed E-state index contributed by atoms with van der Waals surface area (Å²) in [5.41, 5.74) is 3.46. The molecule has 2 heterocycles. The Balaban J connectivity index is 2.90. The Labute approximate surface area is 58.7 Å². The van der Waals surface area contributed by atoms with Gasteiger partial charge >= 0.3 is 0 Å². The van der Waals surface area contributed by atoms with Crippen molar-refractivity contribution in [2.45, 2.75) is 6.92 Å². The molecule has 0 unspecified atom stereocenters. The summed E-state index contributed by atoms with van der Waals surface area (Å²) in [7, 11) is 1.94. The molecule has 0 fully saturated rings. The van der Waals surface area contributed by atoms with Crippen molar-refractivity contribution in [1.29, 1.82) is 0 Å². The van der Waals surface area contributed by atoms with Crippen LogP contribution in [-0.4, -0.2) is 14.8 Å². The number of H-pyrrole nitrogens is 1. The molecule has 0 aliphatic rings. The number of aromatic nitrogens is 3. The monoisotopic (exact) mass is 135 g/mol. The van der Waals surface area contributed by atoms with Gasteiger partial charge in [-0.3, -0.25) is 4.68 Å². The van der Waals surface area contributed by atoms with Gasteiger partial charge in [-0.2, -0.15) is 5.10 Å². The smallest absolute Gasteiger partial charge is 0.0859 e. The number of nitrogens with one attached hydrogen (secondary N) is 1. The topological polar surface area (TPSA) is 33.6 Å². The van der Waals surface area contributed by atoms with E-state index in [1.807, 2.05) is 24.9 Å². The van der Waals surface area contributed by atoms with Crippen LogP contribution in [0.4, 0.5) is 0 Å². The van der Waals surface area contributed by atoms with Gasteiger partial charge in [-0.1, -0.05) is 0 Å². The van der Waals surface area contributed by atoms with E-state index in [2.05, 4.69) is 16.1 Å². The van der Waals surface area contributed by atoms with Crippen molar-refractivity contribution in [3.8, 4) is 0 Å². The average molecular weight is 135 g/mol. The van der Waals surface area contributed by atoms with E-state index in [-0.39, 0.29) is 0 Å². The van der Waals surface area contributed by atoms with E-state index in [0.717, 1.165) is 11.0 Å². The lowest BCUT2D eigenvalue weighted by atomic mass is 10.4. The summed E-state index contributed by atoms with van der Waals surface area (Å²) < 4.78 is 1.86. The van der Waals surface area contributed by atoms with E-state index >= 15 is 0 Å². The molecule has 2 aromatic rings. The van der Waals surface area contributed by atoms with E-state index in [0.29, 0.717) is 0 Å². The van der Waals surface area contributed by atoms with Crippen LogP contribution in [0.15, 0.2) is 12.3 Å². The molecular formula is C7H9N3. The van der Waals surface area contributed by atoms with Crippen molar-refractivity contribution in [1.82, 2.24) is 14.8 Å². The van der Waals surface area contributed by atoms with Gasteiger partial charge in [-0.25, -0.2) is 0 Å². The van der Waals surface area contributed by atoms with Crippen LogP contribution in [0.25, 0.3) is 11.0 Å². The molecule has 10 heavy (non-hydrogen) atoms. The molecule has 52 valence electrons. The summed E-state index contributed by atoms with van der Waals surface area (Å²) in [4.78, 5) is 3.20. The molecule has 3 heteroatoms. The number of nitrogens with zero attached hydrogens (tertiary/aromatic N) is 2. The van der Waals surface area contributed by atoms with Crippen molar-refractivity contribution in [3.05, 3.63) is 18.0 Å². The molecule has 2 rings (SSSR count). The van der Waals surface area contributed by atoms with Crippen molar-refractivity contribution in [3.63, 3.8) is 0 Å². The average Bonchev–Trinajstić information content (AvgIpc) is 2.35. The molecule has 1 N–H and O–H groups in total. The fraction of sp³-hybridized carbons (Fsp3) is 0.286. The van der Waals surface area contributed by atoms with Crippen LogP contribution in [0.2, 0.25) is 0 Å². The number of aryl methyl sites for hydroxylation is 2. The lowest BCUT2D eigenvalue weighted by Crippen LogP contribution is -1.86. The normalized spacial score (nSPS) is 11.0. The molecular weight excluding hydrogens is 126 g/mol. The Kier molecular flexibility index (Phi) is 0.897. The van der Waals surface area contributed by atoms with Crippen LogP contribution in [0.1, 0.15) is 5.69 Å². The minimum absolute atomic E-state index is 1.11. The lowest BCUT2D eigenvalue weighted by Gasteiger charge is -1.84. The zero-order valence-electron chi connectivity index (χ0n) is 6.05. The molecule has 0 amide bonds. The lowest BCUT2D eigenvalue weighted by molar-refractivity contribution is 0.796. The third-order valence-electron chi connectivity index (χ3n) is 1.67. The fourth-order valence-electron chi connectivity index (χ4n) is 1.17. The summed E-state index contributed by atoms with van der Waals surface area (Å²) in [5, 5.41) is 4.08. The first kappa shape index (κ1) is 5.53. The van der Waals surface area contributed by atoms with Gasteiger partial charge in [-0.05, 0) is 13.0 Å². The van der Waals surface area contributed by atoms with E-state index in [9.17, 15) is 0 Å². The quantitative estimate of drug-likeness (QED) is 0.578. The Hall–Kier alpha value is -1.25. The van der Waals surface area contributed by atoms with Crippen LogP contribution < -0.4 is 0 Å². The summed E-state index contributed by atoms with van der Waals surface area (Å²) in [6.07, 6.45) is 1.84. The van der Waals surface area contributed by atoms with Gasteiger partial charge < -0.3 is 4.98 Å². The van der Waals surface area contributed by atoms with E-state index in [1.165, 1.54) is 5.69 Å². The number of fused-ring (bicyclic) bond motifs is 1. The molecule has 0 atom stereocenters. The minimum Gasteiger partial charge on any atom is -0.356 e. The van der Waals surface area contributed by atoms with Crippen LogP contribution in [0.3, 0.4) is 0 Å². The van der Waals surface area contributed by atoms with Gasteiger partial charge in [0.05, 0.1) is 17.2 Å². The van der Waals surface area contributed by atoms with Crippen LogP contribution in [0, 0.1) is 6.92 Å². The Morgan fingerprint density at radius 3 is 3.10 bits per heavy atom. The summed E-state index contributed by atoms with van der Waals surface area (Å²) in [5.74, 6) is 0. The summed E-state index contributed by atoms with van der Waals surface area (Å²) >= 11 is 0. The zero-order valence-corrected chi connectivity index (χ0v) is 6.05. The highest BCUT2D eigenvalue weighted by molar-refractivity contribution is 5.75. The molecule has 2 aromatic heterocycles. The van der Waals surface area contributed by atoms with Gasteiger partial charge in [0.25, 0.3) is 0 Å². The van der Waals surface area contributed by atoms with E-state index < -0.39 is 0 Å². The molecule has 0 saturated carbocycles. The highest BCUT2D eigenvalue weighted by Gasteiger charge is 1.99. The van der Waals surface area contributed by atoms with Gasteiger partial charge in [-0.15, -0.1) is 0 Å². The maximum absolute atomic E-state index is 4.08. The summed E-state index contributed by atoms with van der Waals surface area (Å²) in [6, 6.07) is 2.09. The van der Waals surface area contributed by atoms with Crippen molar-refractivity contribution in [2.75, 3.05) is 0 Å². The predicted molar refractivity (Wildman–Crippen MR) is 39.8 cm³/mol. The number of hydrogen-bond acceptors (Lipinski definition) is 1. The fourth-order valence-corrected chi connectivity index (χ4v) is 1.17. The number of aromatic amines is 1. The Bertz CT molecular complexity index is 356. The Morgan fingerprint density at radius 1 is 1.60 bits per heavy atom. The molecule has 3 nitrogen and oxygen atoms in total. The minimum atomic E-state index is 1.11. The van der Waals surface area contributed by atoms with Crippen LogP contribution in [-0.2, 0) is 7.05 Å². The van der Waals surface area contributed by atoms with Crippen LogP contribution >= 0.6 is 0 Å². The first-order valence-corrected chi connectivity index (χ1v) is 3.25. The second-order valence-electron chi connectivity index (χ2n) is 2.52. The van der Waals surface area contributed by atoms with E-state index in [4.69, 9.17) is 0 Å². The third-order valence-corrected chi connectivity index (χ3v) is 1.67. The zero-order chi connectivity index (χ0) is 7.14. The molecule has 0 bridgehead atoms. The maximum Gasteiger partial charge on any atom is 0.0859 e. The van der Waals surface area contributed by atoms with Crippen molar-refractivity contribution in [2.24, 2.45) is 7.05 Å². The third kappa shape index (κ3) is 0.572. The van der Waals surface area contributed by atoms with E-state index in [1.54, 1.807) is 0 Å². The van der Waals surface area contributed by atoms with Gasteiger partial charge in [0, 0.05) is 12.7 Å². The van der Waals surface area contributed by atoms with Crippen molar-refractivity contribution < 1.29 is 0 Å². The van der Waals surface area contributed by atoms with Crippen LogP contribution in [0.5, 0.6) is 0 Å². The first-order chi connectivity index (χ1) is 4.77. The van der Waals surface area contributed by atoms with Gasteiger partial charge in [0.1, 0.15) is 0 Å². The number of rotatable bonds is 0. The first-order valence-electron chi connectivity index (χ1n) is 3.25. The largest absolute Gasteiger partial charge is 0.356 e. The maximum atomic E-state index is 4.08. The van der Waals surface area contributed by atoms with Gasteiger partial charge in [0.2, 0.25) is 0 Å². The SMILES string of the molecule is Cc1cc2c(cnn2C)[nH]1. The Morgan fingerprint density at radius 2 is 2.40 bits per heavy atom. The summed E-state index contributed by atoms with van der Waals surface area (Å²) in [6.45, 7) is 2.04. The molecule has 0 aliphatic heterocycles. The second-order valence-corrected chi connectivity index (χ2v) is 2.52. The second kappa shape index (κ2) is 1.62. The predicted octanol–water partition coefficient (Wildman–Crippen LogP) is 1.21. The highest BCUT2D eigenvalue weighted by Crippen LogP contribution is 2.11. The molecule has 0 radical (unpaired) electrons. The number of hydrogen-bond donors (Lipinski definition) is 1.